The smallest absolute Gasteiger partial charge is 0.299 e. The monoisotopic (exact) mass is 473 g/mol. The predicted molar refractivity (Wildman–Crippen MR) is 130 cm³/mol. The highest BCUT2D eigenvalue weighted by atomic mass is 16.5. The van der Waals surface area contributed by atoms with E-state index in [0.717, 1.165) is 37.7 Å². The number of benzene rings is 2. The maximum atomic E-state index is 13.3. The van der Waals surface area contributed by atoms with Crippen LogP contribution in [0, 0.1) is 12.8 Å². The van der Waals surface area contributed by atoms with Gasteiger partial charge in [-0.05, 0) is 67.3 Å². The number of ketones is 1. The standard InChI is InChI=1S/C27H27N3O5/c1-16-28-26(29-35-16)19-8-12-20(13-9-19)30-23(17-6-4-3-5-7-17)22(25(32)27(30)33)24(31)18-10-14-21(34-2)15-11-18/h8-15,17,23,31H,3-7H2,1-2H3. The number of amides is 1. The Balaban J connectivity index is 1.57. The van der Waals surface area contributed by atoms with Crippen molar-refractivity contribution in [3.8, 4) is 17.1 Å². The van der Waals surface area contributed by atoms with Gasteiger partial charge in [0.25, 0.3) is 11.7 Å². The Kier molecular flexibility index (Phi) is 6.11. The van der Waals surface area contributed by atoms with Gasteiger partial charge >= 0.3 is 0 Å². The SMILES string of the molecule is COc1ccc(C(O)=C2C(=O)C(=O)N(c3ccc(-c4noc(C)n4)cc3)C2C2CCCCC2)cc1. The second-order valence-electron chi connectivity index (χ2n) is 9.02. The number of carbonyl (C=O) groups excluding carboxylic acids is 2. The molecular weight excluding hydrogens is 446 g/mol. The Morgan fingerprint density at radius 3 is 2.31 bits per heavy atom. The lowest BCUT2D eigenvalue weighted by molar-refractivity contribution is -0.132. The van der Waals surface area contributed by atoms with Crippen molar-refractivity contribution in [1.29, 1.82) is 0 Å². The first kappa shape index (κ1) is 22.8. The minimum Gasteiger partial charge on any atom is -0.507 e. The van der Waals surface area contributed by atoms with Gasteiger partial charge in [-0.3, -0.25) is 14.5 Å². The summed E-state index contributed by atoms with van der Waals surface area (Å²) in [5, 5.41) is 15.2. The van der Waals surface area contributed by atoms with Crippen molar-refractivity contribution in [3.05, 3.63) is 65.6 Å². The minimum absolute atomic E-state index is 0.0779. The molecule has 35 heavy (non-hydrogen) atoms. The van der Waals surface area contributed by atoms with E-state index in [9.17, 15) is 14.7 Å². The molecule has 1 amide bonds. The fraction of sp³-hybridized carbons (Fsp3) is 0.333. The molecule has 3 aromatic rings. The van der Waals surface area contributed by atoms with E-state index in [0.29, 0.717) is 28.7 Å². The lowest BCUT2D eigenvalue weighted by Crippen LogP contribution is -2.40. The van der Waals surface area contributed by atoms with Gasteiger partial charge < -0.3 is 14.4 Å². The van der Waals surface area contributed by atoms with E-state index in [4.69, 9.17) is 9.26 Å². The zero-order chi connectivity index (χ0) is 24.5. The van der Waals surface area contributed by atoms with Crippen LogP contribution in [-0.2, 0) is 9.59 Å². The van der Waals surface area contributed by atoms with Crippen LogP contribution in [0.15, 0.2) is 58.6 Å². The number of carbonyl (C=O) groups is 2. The number of aryl methyl sites for hydroxylation is 1. The summed E-state index contributed by atoms with van der Waals surface area (Å²) in [7, 11) is 1.56. The van der Waals surface area contributed by atoms with E-state index in [1.165, 1.54) is 0 Å². The third-order valence-electron chi connectivity index (χ3n) is 6.88. The summed E-state index contributed by atoms with van der Waals surface area (Å²) in [5.41, 5.74) is 1.99. The molecule has 8 heteroatoms. The van der Waals surface area contributed by atoms with Gasteiger partial charge in [0.1, 0.15) is 11.5 Å². The molecule has 2 heterocycles. The van der Waals surface area contributed by atoms with Crippen LogP contribution in [0.4, 0.5) is 5.69 Å². The van der Waals surface area contributed by atoms with Crippen molar-refractivity contribution in [2.75, 3.05) is 12.0 Å². The number of ether oxygens (including phenoxy) is 1. The summed E-state index contributed by atoms with van der Waals surface area (Å²) in [5.74, 6) is 0.204. The summed E-state index contributed by atoms with van der Waals surface area (Å²) in [6.45, 7) is 1.72. The summed E-state index contributed by atoms with van der Waals surface area (Å²) >= 11 is 0. The van der Waals surface area contributed by atoms with E-state index in [2.05, 4.69) is 10.1 Å². The third-order valence-corrected chi connectivity index (χ3v) is 6.88. The van der Waals surface area contributed by atoms with Crippen LogP contribution in [0.3, 0.4) is 0 Å². The topological polar surface area (TPSA) is 106 Å². The van der Waals surface area contributed by atoms with Crippen LogP contribution in [-0.4, -0.2) is 40.1 Å². The lowest BCUT2D eigenvalue weighted by atomic mass is 9.80. The van der Waals surface area contributed by atoms with Gasteiger partial charge in [-0.25, -0.2) is 0 Å². The van der Waals surface area contributed by atoms with E-state index >= 15 is 0 Å². The van der Waals surface area contributed by atoms with Crippen molar-refractivity contribution in [1.82, 2.24) is 10.1 Å². The van der Waals surface area contributed by atoms with Gasteiger partial charge in [0.05, 0.1) is 18.7 Å². The molecule has 1 unspecified atom stereocenters. The molecule has 1 aromatic heterocycles. The highest BCUT2D eigenvalue weighted by Crippen LogP contribution is 2.41. The third kappa shape index (κ3) is 4.20. The first-order valence-electron chi connectivity index (χ1n) is 11.8. The molecule has 2 aromatic carbocycles. The zero-order valence-corrected chi connectivity index (χ0v) is 19.7. The number of rotatable bonds is 5. The molecule has 1 saturated heterocycles. The van der Waals surface area contributed by atoms with Crippen LogP contribution >= 0.6 is 0 Å². The van der Waals surface area contributed by atoms with Crippen molar-refractivity contribution in [2.45, 2.75) is 45.1 Å². The van der Waals surface area contributed by atoms with Crippen LogP contribution in [0.1, 0.15) is 43.6 Å². The molecule has 1 aliphatic heterocycles. The number of aliphatic hydroxyl groups is 1. The number of nitrogens with zero attached hydrogens (tertiary/aromatic N) is 3. The van der Waals surface area contributed by atoms with Crippen LogP contribution < -0.4 is 9.64 Å². The summed E-state index contributed by atoms with van der Waals surface area (Å²) in [6.07, 6.45) is 4.98. The number of aromatic nitrogens is 2. The van der Waals surface area contributed by atoms with Crippen LogP contribution in [0.2, 0.25) is 0 Å². The van der Waals surface area contributed by atoms with Crippen molar-refractivity contribution in [2.24, 2.45) is 5.92 Å². The Bertz CT molecular complexity index is 1270. The number of aliphatic hydroxyl groups excluding tert-OH is 1. The molecule has 0 spiro atoms. The maximum absolute atomic E-state index is 13.3. The summed E-state index contributed by atoms with van der Waals surface area (Å²) in [4.78, 5) is 32.4. The molecule has 0 radical (unpaired) electrons. The molecule has 5 rings (SSSR count). The molecule has 1 N–H and O–H groups in total. The van der Waals surface area contributed by atoms with Crippen LogP contribution in [0.25, 0.3) is 17.1 Å². The zero-order valence-electron chi connectivity index (χ0n) is 19.7. The Morgan fingerprint density at radius 2 is 1.71 bits per heavy atom. The molecule has 2 aliphatic rings. The normalized spacial score (nSPS) is 20.4. The maximum Gasteiger partial charge on any atom is 0.299 e. The molecule has 1 saturated carbocycles. The summed E-state index contributed by atoms with van der Waals surface area (Å²) in [6, 6.07) is 13.5. The molecule has 0 bridgehead atoms. The van der Waals surface area contributed by atoms with E-state index in [1.807, 2.05) is 0 Å². The molecule has 2 fully saturated rings. The largest absolute Gasteiger partial charge is 0.507 e. The first-order valence-corrected chi connectivity index (χ1v) is 11.8. The molecule has 1 aliphatic carbocycles. The number of hydrogen-bond acceptors (Lipinski definition) is 7. The van der Waals surface area contributed by atoms with E-state index in [-0.39, 0.29) is 17.3 Å². The number of methoxy groups -OCH3 is 1. The highest BCUT2D eigenvalue weighted by molar-refractivity contribution is 6.51. The summed E-state index contributed by atoms with van der Waals surface area (Å²) < 4.78 is 10.3. The average Bonchev–Trinajstić information content (AvgIpc) is 3.45. The van der Waals surface area contributed by atoms with Crippen LogP contribution in [0.5, 0.6) is 5.75 Å². The van der Waals surface area contributed by atoms with Gasteiger partial charge in [-0.15, -0.1) is 0 Å². The number of Topliss-reactive ketones (excluding diaryl/α,β-unsaturated/α-hetero) is 1. The van der Waals surface area contributed by atoms with E-state index in [1.54, 1.807) is 67.5 Å². The van der Waals surface area contributed by atoms with Gasteiger partial charge in [0.15, 0.2) is 0 Å². The number of anilines is 1. The Hall–Kier alpha value is -3.94. The highest BCUT2D eigenvalue weighted by Gasteiger charge is 2.49. The van der Waals surface area contributed by atoms with E-state index < -0.39 is 17.7 Å². The molecule has 180 valence electrons. The van der Waals surface area contributed by atoms with Crippen molar-refractivity contribution < 1.29 is 24.0 Å². The number of hydrogen-bond donors (Lipinski definition) is 1. The fourth-order valence-corrected chi connectivity index (χ4v) is 5.13. The van der Waals surface area contributed by atoms with Crippen molar-refractivity contribution in [3.63, 3.8) is 0 Å². The molecule has 1 atom stereocenters. The Labute approximate surface area is 203 Å². The van der Waals surface area contributed by atoms with Gasteiger partial charge in [-0.2, -0.15) is 4.98 Å². The second kappa shape index (κ2) is 9.37. The van der Waals surface area contributed by atoms with Gasteiger partial charge in [0.2, 0.25) is 11.7 Å². The quantitative estimate of drug-likeness (QED) is 0.320. The average molecular weight is 474 g/mol. The molecular formula is C27H27N3O5. The fourth-order valence-electron chi connectivity index (χ4n) is 5.13. The first-order chi connectivity index (χ1) is 17.0. The Morgan fingerprint density at radius 1 is 1.03 bits per heavy atom. The van der Waals surface area contributed by atoms with Gasteiger partial charge in [0, 0.05) is 23.7 Å². The van der Waals surface area contributed by atoms with Crippen molar-refractivity contribution >= 4 is 23.1 Å². The minimum atomic E-state index is -0.660. The van der Waals surface area contributed by atoms with Gasteiger partial charge in [-0.1, -0.05) is 24.4 Å². The predicted octanol–water partition coefficient (Wildman–Crippen LogP) is 4.89. The molecule has 8 nitrogen and oxygen atoms in total. The lowest BCUT2D eigenvalue weighted by Gasteiger charge is -2.34. The second-order valence-corrected chi connectivity index (χ2v) is 9.02.